The molecule has 2 N–H and O–H groups in total. The highest BCUT2D eigenvalue weighted by molar-refractivity contribution is 7.99. The fraction of sp³-hybridized carbons (Fsp3) is 0.639. The number of unbranched alkanes of at least 4 members (excludes halogenated alkanes) is 14. The van der Waals surface area contributed by atoms with Gasteiger partial charge in [0.25, 0.3) is 0 Å². The number of nitrogens with one attached hydrogen (secondary N) is 1. The fourth-order valence-corrected chi connectivity index (χ4v) is 6.43. The summed E-state index contributed by atoms with van der Waals surface area (Å²) in [6, 6.07) is 15.5. The number of benzene rings is 2. The molecule has 0 aromatic heterocycles. The molecule has 0 aliphatic carbocycles. The third-order valence-electron chi connectivity index (χ3n) is 7.87. The lowest BCUT2D eigenvalue weighted by Gasteiger charge is -2.31. The Labute approximate surface area is 256 Å². The van der Waals surface area contributed by atoms with Crippen LogP contribution in [-0.2, 0) is 4.79 Å². The summed E-state index contributed by atoms with van der Waals surface area (Å²) in [6.07, 6.45) is 20.2. The summed E-state index contributed by atoms with van der Waals surface area (Å²) in [5, 5.41) is 11.9. The first-order valence-electron chi connectivity index (χ1n) is 16.5. The van der Waals surface area contributed by atoms with Gasteiger partial charge in [-0.1, -0.05) is 138 Å². The van der Waals surface area contributed by atoms with Gasteiger partial charge in [0.15, 0.2) is 0 Å². The monoisotopic (exact) mass is 582 g/mol. The van der Waals surface area contributed by atoms with Gasteiger partial charge in [-0.25, -0.2) is 0 Å². The molecule has 0 unspecified atom stereocenters. The van der Waals surface area contributed by atoms with Crippen molar-refractivity contribution < 1.29 is 9.90 Å². The number of carbonyl (C=O) groups is 1. The third kappa shape index (κ3) is 16.3. The van der Waals surface area contributed by atoms with Gasteiger partial charge in [-0.2, -0.15) is 0 Å². The largest absolute Gasteiger partial charge is 0.481 e. The summed E-state index contributed by atoms with van der Waals surface area (Å²) in [6.45, 7) is 10.9. The Morgan fingerprint density at radius 3 is 1.83 bits per heavy atom. The minimum Gasteiger partial charge on any atom is -0.481 e. The van der Waals surface area contributed by atoms with Gasteiger partial charge in [-0.3, -0.25) is 4.79 Å². The molecule has 0 amide bonds. The molecule has 0 bridgehead atoms. The van der Waals surface area contributed by atoms with Crippen LogP contribution < -0.4 is 10.2 Å². The predicted molar refractivity (Wildman–Crippen MR) is 179 cm³/mol. The van der Waals surface area contributed by atoms with Gasteiger partial charge in [0, 0.05) is 42.4 Å². The van der Waals surface area contributed by atoms with Gasteiger partial charge < -0.3 is 15.3 Å². The van der Waals surface area contributed by atoms with Crippen molar-refractivity contribution in [1.29, 1.82) is 0 Å². The third-order valence-corrected chi connectivity index (χ3v) is 9.11. The number of hydrogen-bond acceptors (Lipinski definition) is 4. The lowest BCUT2D eigenvalue weighted by atomic mass is 10.0. The number of rotatable bonds is 19. The van der Waals surface area contributed by atoms with Crippen molar-refractivity contribution >= 4 is 23.4 Å². The highest BCUT2D eigenvalue weighted by Crippen LogP contribution is 2.37. The molecule has 1 aliphatic heterocycles. The number of piperazine rings is 1. The van der Waals surface area contributed by atoms with Crippen molar-refractivity contribution in [3.05, 3.63) is 53.6 Å². The highest BCUT2D eigenvalue weighted by atomic mass is 32.2. The molecule has 3 rings (SSSR count). The lowest BCUT2D eigenvalue weighted by molar-refractivity contribution is -0.137. The van der Waals surface area contributed by atoms with Crippen molar-refractivity contribution in [3.63, 3.8) is 0 Å². The molecular formula is C36H58N2O2S. The molecule has 0 spiro atoms. The van der Waals surface area contributed by atoms with E-state index in [-0.39, 0.29) is 0 Å². The maximum atomic E-state index is 10.3. The normalized spacial score (nSPS) is 13.1. The van der Waals surface area contributed by atoms with Crippen molar-refractivity contribution in [1.82, 2.24) is 5.32 Å². The first-order valence-corrected chi connectivity index (χ1v) is 17.3. The second-order valence-electron chi connectivity index (χ2n) is 11.7. The van der Waals surface area contributed by atoms with Crippen molar-refractivity contribution in [2.75, 3.05) is 31.1 Å². The average molecular weight is 583 g/mol. The molecule has 1 aliphatic rings. The van der Waals surface area contributed by atoms with Crippen LogP contribution in [0.3, 0.4) is 0 Å². The van der Waals surface area contributed by atoms with Crippen LogP contribution >= 0.6 is 11.8 Å². The van der Waals surface area contributed by atoms with Gasteiger partial charge in [0.1, 0.15) is 0 Å². The average Bonchev–Trinajstić information content (AvgIpc) is 2.97. The quantitative estimate of drug-likeness (QED) is 0.161. The summed E-state index contributed by atoms with van der Waals surface area (Å²) in [5.74, 6) is -0.653. The summed E-state index contributed by atoms with van der Waals surface area (Å²) in [4.78, 5) is 15.5. The molecule has 4 nitrogen and oxygen atoms in total. The number of aryl methyl sites for hydroxylation is 2. The number of carboxylic acid groups (broad SMARTS) is 1. The van der Waals surface area contributed by atoms with E-state index < -0.39 is 5.97 Å². The first-order chi connectivity index (χ1) is 20.0. The number of aliphatic carboxylic acids is 1. The molecule has 230 valence electrons. The van der Waals surface area contributed by atoms with Gasteiger partial charge in [-0.05, 0) is 44.0 Å². The van der Waals surface area contributed by atoms with E-state index in [0.717, 1.165) is 39.0 Å². The SMILES string of the molecule is CCCCCCCCCCCCCCCCCC(=O)O.Cc1ccc(Sc2ccccc2N2CCNCC2)c(C)c1. The molecule has 0 radical (unpaired) electrons. The molecule has 41 heavy (non-hydrogen) atoms. The molecule has 0 saturated carbocycles. The Morgan fingerprint density at radius 2 is 1.29 bits per heavy atom. The zero-order chi connectivity index (χ0) is 29.5. The van der Waals surface area contributed by atoms with E-state index in [4.69, 9.17) is 5.11 Å². The van der Waals surface area contributed by atoms with E-state index >= 15 is 0 Å². The lowest BCUT2D eigenvalue weighted by Crippen LogP contribution is -2.43. The van der Waals surface area contributed by atoms with Crippen molar-refractivity contribution in [2.45, 2.75) is 133 Å². The van der Waals surface area contributed by atoms with Gasteiger partial charge in [-0.15, -0.1) is 0 Å². The fourth-order valence-electron chi connectivity index (χ4n) is 5.39. The molecule has 0 atom stereocenters. The number of hydrogen-bond donors (Lipinski definition) is 2. The van der Waals surface area contributed by atoms with E-state index in [1.54, 1.807) is 0 Å². The van der Waals surface area contributed by atoms with E-state index in [0.29, 0.717) is 6.42 Å². The number of carboxylic acids is 1. The first kappa shape index (κ1) is 35.2. The summed E-state index contributed by atoms with van der Waals surface area (Å²) in [7, 11) is 0. The Hall–Kier alpha value is -1.98. The Balaban J connectivity index is 0.000000288. The zero-order valence-electron chi connectivity index (χ0n) is 26.4. The van der Waals surface area contributed by atoms with Gasteiger partial charge >= 0.3 is 5.97 Å². The molecule has 5 heteroatoms. The maximum Gasteiger partial charge on any atom is 0.303 e. The van der Waals surface area contributed by atoms with Crippen LogP contribution in [0.15, 0.2) is 52.3 Å². The van der Waals surface area contributed by atoms with Gasteiger partial charge in [0.05, 0.1) is 5.69 Å². The Bertz CT molecular complexity index is 958. The van der Waals surface area contributed by atoms with Crippen LogP contribution in [0.25, 0.3) is 0 Å². The summed E-state index contributed by atoms with van der Waals surface area (Å²) >= 11 is 1.88. The molecule has 1 heterocycles. The second-order valence-corrected chi connectivity index (χ2v) is 12.8. The molecule has 1 saturated heterocycles. The number of anilines is 1. The van der Waals surface area contributed by atoms with E-state index in [1.165, 1.54) is 110 Å². The Morgan fingerprint density at radius 1 is 0.756 bits per heavy atom. The van der Waals surface area contributed by atoms with E-state index in [1.807, 2.05) is 11.8 Å². The standard InChI is InChI=1S/C18H22N2S.C18H36O2/c1-14-7-8-17(15(2)13-14)21-18-6-4-3-5-16(18)20-11-9-19-10-12-20;1-2-3-4-5-6-7-8-9-10-11-12-13-14-15-16-17-18(19)20/h3-8,13,19H,9-12H2,1-2H3;2-17H2,1H3,(H,19,20). The van der Waals surface area contributed by atoms with Crippen molar-refractivity contribution in [2.24, 2.45) is 0 Å². The summed E-state index contributed by atoms with van der Waals surface area (Å²) < 4.78 is 0. The predicted octanol–water partition coefficient (Wildman–Crippen LogP) is 10.2. The van der Waals surface area contributed by atoms with Crippen LogP contribution in [-0.4, -0.2) is 37.3 Å². The maximum absolute atomic E-state index is 10.3. The van der Waals surface area contributed by atoms with Crippen LogP contribution in [0.5, 0.6) is 0 Å². The van der Waals surface area contributed by atoms with Gasteiger partial charge in [0.2, 0.25) is 0 Å². The highest BCUT2D eigenvalue weighted by Gasteiger charge is 2.15. The van der Waals surface area contributed by atoms with E-state index in [2.05, 4.69) is 73.5 Å². The number of para-hydroxylation sites is 1. The number of nitrogens with zero attached hydrogens (tertiary/aromatic N) is 1. The Kier molecular flexibility index (Phi) is 19.4. The van der Waals surface area contributed by atoms with Crippen molar-refractivity contribution in [3.8, 4) is 0 Å². The van der Waals surface area contributed by atoms with Crippen LogP contribution in [0.1, 0.15) is 121 Å². The van der Waals surface area contributed by atoms with Crippen LogP contribution in [0, 0.1) is 13.8 Å². The zero-order valence-corrected chi connectivity index (χ0v) is 27.2. The molecule has 2 aromatic carbocycles. The minimum atomic E-state index is -0.653. The topological polar surface area (TPSA) is 52.6 Å². The molecular weight excluding hydrogens is 524 g/mol. The smallest absolute Gasteiger partial charge is 0.303 e. The summed E-state index contributed by atoms with van der Waals surface area (Å²) in [5.41, 5.74) is 4.05. The van der Waals surface area contributed by atoms with E-state index in [9.17, 15) is 4.79 Å². The van der Waals surface area contributed by atoms with Crippen LogP contribution in [0.4, 0.5) is 5.69 Å². The molecule has 1 fully saturated rings. The molecule has 2 aromatic rings. The van der Waals surface area contributed by atoms with Crippen LogP contribution in [0.2, 0.25) is 0 Å². The second kappa shape index (κ2) is 22.6. The minimum absolute atomic E-state index is 0.345.